The molecule has 3 fully saturated rings. The molecule has 0 aromatic heterocycles. The zero-order chi connectivity index (χ0) is 28.8. The van der Waals surface area contributed by atoms with Crippen molar-refractivity contribution < 1.29 is 42.4 Å². The Bertz CT molecular complexity index is 1010. The maximum atomic E-state index is 12.9. The van der Waals surface area contributed by atoms with Crippen molar-refractivity contribution in [3.63, 3.8) is 0 Å². The molecule has 2 saturated heterocycles. The van der Waals surface area contributed by atoms with Crippen molar-refractivity contribution in [2.24, 2.45) is 0 Å². The summed E-state index contributed by atoms with van der Waals surface area (Å²) in [5.74, 6) is -2.51. The van der Waals surface area contributed by atoms with E-state index in [-0.39, 0.29) is 18.2 Å². The van der Waals surface area contributed by atoms with Gasteiger partial charge in [-0.1, -0.05) is 51.1 Å². The number of carbonyl (C=O) groups is 2. The van der Waals surface area contributed by atoms with Crippen LogP contribution >= 0.6 is 0 Å². The van der Waals surface area contributed by atoms with Gasteiger partial charge in [0.15, 0.2) is 26.0 Å². The molecule has 0 spiro atoms. The minimum atomic E-state index is -2.26. The van der Waals surface area contributed by atoms with E-state index in [2.05, 4.69) is 39.2 Å². The van der Waals surface area contributed by atoms with Crippen molar-refractivity contribution in [3.05, 3.63) is 35.9 Å². The molecule has 6 atom stereocenters. The largest absolute Gasteiger partial charge is 0.455 e. The number of amides is 1. The minimum absolute atomic E-state index is 0.0495. The van der Waals surface area contributed by atoms with Gasteiger partial charge in [0.05, 0.1) is 0 Å². The lowest BCUT2D eigenvalue weighted by atomic mass is 9.85. The molecule has 0 radical (unpaired) electrons. The molecule has 11 heteroatoms. The first kappa shape index (κ1) is 29.9. The molecule has 39 heavy (non-hydrogen) atoms. The van der Waals surface area contributed by atoms with E-state index in [1.54, 1.807) is 0 Å². The molecule has 2 heterocycles. The Hall–Kier alpha value is -2.02. The Morgan fingerprint density at radius 3 is 1.85 bits per heavy atom. The number of nitrogens with one attached hydrogen (secondary N) is 1. The zero-order valence-corrected chi connectivity index (χ0v) is 25.4. The molecule has 1 aromatic carbocycles. The summed E-state index contributed by atoms with van der Waals surface area (Å²) in [6.07, 6.45) is -4.43. The Morgan fingerprint density at radius 2 is 1.36 bits per heavy atom. The van der Waals surface area contributed by atoms with Crippen molar-refractivity contribution in [3.8, 4) is 0 Å². The van der Waals surface area contributed by atoms with Crippen LogP contribution in [0.1, 0.15) is 54.0 Å². The number of rotatable bonds is 7. The molecule has 2 unspecified atom stereocenters. The van der Waals surface area contributed by atoms with E-state index in [1.807, 2.05) is 58.0 Å². The highest BCUT2D eigenvalue weighted by atomic mass is 28.4. The van der Waals surface area contributed by atoms with Crippen LogP contribution in [0.2, 0.25) is 18.1 Å². The summed E-state index contributed by atoms with van der Waals surface area (Å²) in [5.41, 5.74) is 0.839. The monoisotopic (exact) mass is 565 g/mol. The molecule has 2 aliphatic heterocycles. The molecule has 1 aliphatic carbocycles. The van der Waals surface area contributed by atoms with Crippen LogP contribution in [0, 0.1) is 0 Å². The lowest BCUT2D eigenvalue weighted by molar-refractivity contribution is -0.194. The summed E-state index contributed by atoms with van der Waals surface area (Å²) in [7, 11) is -2.26. The highest BCUT2D eigenvalue weighted by molar-refractivity contribution is 6.74. The van der Waals surface area contributed by atoms with Gasteiger partial charge < -0.3 is 38.2 Å². The highest BCUT2D eigenvalue weighted by Crippen LogP contribution is 2.48. The molecule has 4 rings (SSSR count). The molecule has 10 nitrogen and oxygen atoms in total. The number of alkyl carbamates (subject to hydrolysis) is 1. The number of esters is 1. The van der Waals surface area contributed by atoms with Gasteiger partial charge in [-0.05, 0) is 51.4 Å². The number of hydrogen-bond acceptors (Lipinski definition) is 9. The van der Waals surface area contributed by atoms with Gasteiger partial charge in [-0.15, -0.1) is 0 Å². The Morgan fingerprint density at radius 1 is 0.872 bits per heavy atom. The van der Waals surface area contributed by atoms with Crippen LogP contribution in [0.3, 0.4) is 0 Å². The van der Waals surface area contributed by atoms with Crippen molar-refractivity contribution in [2.45, 2.75) is 121 Å². The summed E-state index contributed by atoms with van der Waals surface area (Å²) in [5, 5.41) is 2.40. The lowest BCUT2D eigenvalue weighted by Crippen LogP contribution is -2.65. The SMILES string of the molecule is CC1(C)O[C@@H]2C(OC(=O)CNC(=O)OCc3ccccc3)[C@@H]3OC(C)(C)O[C@H]3C(O[Si](C)(C)C(C)(C)C)[C@H]2O1. The third-order valence-corrected chi connectivity index (χ3v) is 12.2. The maximum absolute atomic E-state index is 12.9. The average Bonchev–Trinajstić information content (AvgIpc) is 3.33. The molecular formula is C28H43NO9Si. The summed E-state index contributed by atoms with van der Waals surface area (Å²) in [6.45, 7) is 17.9. The Labute approximate surface area is 232 Å². The zero-order valence-electron chi connectivity index (χ0n) is 24.4. The van der Waals surface area contributed by atoms with Crippen molar-refractivity contribution in [1.29, 1.82) is 0 Å². The van der Waals surface area contributed by atoms with E-state index in [0.29, 0.717) is 0 Å². The van der Waals surface area contributed by atoms with Crippen LogP contribution in [-0.2, 0) is 44.2 Å². The minimum Gasteiger partial charge on any atom is -0.455 e. The predicted molar refractivity (Wildman–Crippen MR) is 144 cm³/mol. The van der Waals surface area contributed by atoms with Crippen LogP contribution in [0.25, 0.3) is 0 Å². The smallest absolute Gasteiger partial charge is 0.407 e. The van der Waals surface area contributed by atoms with E-state index >= 15 is 0 Å². The van der Waals surface area contributed by atoms with Crippen LogP contribution in [0.4, 0.5) is 4.79 Å². The Kier molecular flexibility index (Phi) is 8.26. The van der Waals surface area contributed by atoms with Crippen LogP contribution in [0.15, 0.2) is 30.3 Å². The quantitative estimate of drug-likeness (QED) is 0.383. The molecular weight excluding hydrogens is 522 g/mol. The molecule has 3 aliphatic rings. The summed E-state index contributed by atoms with van der Waals surface area (Å²) >= 11 is 0. The first-order chi connectivity index (χ1) is 18.0. The van der Waals surface area contributed by atoms with Gasteiger partial charge in [-0.25, -0.2) is 4.79 Å². The van der Waals surface area contributed by atoms with E-state index in [9.17, 15) is 9.59 Å². The fraction of sp³-hybridized carbons (Fsp3) is 0.714. The fourth-order valence-corrected chi connectivity index (χ4v) is 6.22. The van der Waals surface area contributed by atoms with Crippen molar-refractivity contribution in [2.75, 3.05) is 6.54 Å². The predicted octanol–water partition coefficient (Wildman–Crippen LogP) is 4.27. The van der Waals surface area contributed by atoms with E-state index in [0.717, 1.165) is 5.56 Å². The summed E-state index contributed by atoms with van der Waals surface area (Å²) in [4.78, 5) is 25.1. The number of fused-ring (bicyclic) bond motifs is 2. The van der Waals surface area contributed by atoms with Gasteiger partial charge in [-0.3, -0.25) is 4.79 Å². The van der Waals surface area contributed by atoms with Crippen LogP contribution < -0.4 is 5.32 Å². The number of benzene rings is 1. The number of hydrogen-bond donors (Lipinski definition) is 1. The normalized spacial score (nSPS) is 31.2. The molecule has 218 valence electrons. The molecule has 1 N–H and O–H groups in total. The van der Waals surface area contributed by atoms with Gasteiger partial charge in [0.25, 0.3) is 0 Å². The average molecular weight is 566 g/mol. The number of ether oxygens (including phenoxy) is 6. The van der Waals surface area contributed by atoms with E-state index in [4.69, 9.17) is 32.8 Å². The molecule has 1 amide bonds. The topological polar surface area (TPSA) is 111 Å². The second-order valence-electron chi connectivity index (χ2n) is 12.8. The summed E-state index contributed by atoms with van der Waals surface area (Å²) < 4.78 is 43.2. The van der Waals surface area contributed by atoms with Crippen molar-refractivity contribution >= 4 is 20.4 Å². The van der Waals surface area contributed by atoms with Gasteiger partial charge in [0, 0.05) is 0 Å². The molecule has 1 aromatic rings. The second kappa shape index (κ2) is 10.8. The second-order valence-corrected chi connectivity index (χ2v) is 17.6. The number of carbonyl (C=O) groups excluding carboxylic acids is 2. The highest BCUT2D eigenvalue weighted by Gasteiger charge is 2.66. The van der Waals surface area contributed by atoms with Crippen molar-refractivity contribution in [1.82, 2.24) is 5.32 Å². The summed E-state index contributed by atoms with van der Waals surface area (Å²) in [6, 6.07) is 9.27. The van der Waals surface area contributed by atoms with Crippen LogP contribution in [-0.4, -0.2) is 75.1 Å². The first-order valence-electron chi connectivity index (χ1n) is 13.5. The van der Waals surface area contributed by atoms with Gasteiger partial charge in [0.2, 0.25) is 0 Å². The lowest BCUT2D eigenvalue weighted by Gasteiger charge is -2.47. The third-order valence-electron chi connectivity index (χ3n) is 7.72. The van der Waals surface area contributed by atoms with Gasteiger partial charge in [0.1, 0.15) is 43.7 Å². The first-order valence-corrected chi connectivity index (χ1v) is 16.4. The standard InChI is InChI=1S/C28H43NO9Si/c1-26(2,3)39(8,9)38-24-22-20(34-27(4,5)36-22)19(21-23(24)37-28(6,7)35-21)33-18(30)15-29-25(31)32-16-17-13-11-10-12-14-17/h10-14,19-24H,15-16H2,1-9H3,(H,29,31)/t19?,20-,21+,22+,23-,24?. The van der Waals surface area contributed by atoms with E-state index < -0.39 is 68.6 Å². The third kappa shape index (κ3) is 6.83. The van der Waals surface area contributed by atoms with Crippen LogP contribution in [0.5, 0.6) is 0 Å². The van der Waals surface area contributed by atoms with Gasteiger partial charge >= 0.3 is 12.1 Å². The maximum Gasteiger partial charge on any atom is 0.407 e. The molecule has 0 bridgehead atoms. The molecule has 1 saturated carbocycles. The van der Waals surface area contributed by atoms with Gasteiger partial charge in [-0.2, -0.15) is 0 Å². The van der Waals surface area contributed by atoms with E-state index in [1.165, 1.54) is 0 Å². The fourth-order valence-electron chi connectivity index (χ4n) is 4.92. The Balaban J connectivity index is 1.47.